The molecule has 0 radical (unpaired) electrons. The normalized spacial score (nSPS) is 10.9. The van der Waals surface area contributed by atoms with Gasteiger partial charge in [0.05, 0.1) is 0 Å². The average Bonchev–Trinajstić information content (AvgIpc) is 3.24. The molecule has 140 valence electrons. The third-order valence-corrected chi connectivity index (χ3v) is 4.87. The zero-order valence-electron chi connectivity index (χ0n) is 15.5. The van der Waals surface area contributed by atoms with Crippen LogP contribution in [0.4, 0.5) is 10.8 Å². The first kappa shape index (κ1) is 19.3. The van der Waals surface area contributed by atoms with Gasteiger partial charge in [0.25, 0.3) is 5.91 Å². The molecule has 0 aliphatic rings. The molecule has 0 saturated carbocycles. The van der Waals surface area contributed by atoms with Crippen molar-refractivity contribution in [2.24, 2.45) is 0 Å². The minimum atomic E-state index is -0.458. The zero-order chi connectivity index (χ0) is 19.8. The number of hydrogen-bond acceptors (Lipinski definition) is 5. The average molecular weight is 388 g/mol. The van der Waals surface area contributed by atoms with Crippen molar-refractivity contribution in [1.82, 2.24) is 4.98 Å². The highest BCUT2D eigenvalue weighted by molar-refractivity contribution is 7.13. The van der Waals surface area contributed by atoms with Gasteiger partial charge in [-0.2, -0.15) is 5.26 Å². The molecule has 1 amide bonds. The van der Waals surface area contributed by atoms with Gasteiger partial charge < -0.3 is 4.90 Å². The molecule has 5 nitrogen and oxygen atoms in total. The Morgan fingerprint density at radius 2 is 1.96 bits per heavy atom. The fourth-order valence-electron chi connectivity index (χ4n) is 2.74. The molecule has 0 fully saturated rings. The summed E-state index contributed by atoms with van der Waals surface area (Å²) in [6.45, 7) is 3.82. The van der Waals surface area contributed by atoms with Crippen molar-refractivity contribution in [2.45, 2.75) is 13.5 Å². The predicted molar refractivity (Wildman–Crippen MR) is 114 cm³/mol. The van der Waals surface area contributed by atoms with Crippen molar-refractivity contribution >= 4 is 34.1 Å². The highest BCUT2D eigenvalue weighted by Crippen LogP contribution is 2.20. The Bertz CT molecular complexity index is 974. The Balaban J connectivity index is 1.72. The van der Waals surface area contributed by atoms with Crippen LogP contribution in [0.2, 0.25) is 0 Å². The van der Waals surface area contributed by atoms with E-state index in [2.05, 4.69) is 34.3 Å². The number of carbonyl (C=O) groups excluding carboxylic acids is 1. The summed E-state index contributed by atoms with van der Waals surface area (Å²) in [5.41, 5.74) is 3.18. The maximum atomic E-state index is 12.2. The molecule has 3 aromatic rings. The summed E-state index contributed by atoms with van der Waals surface area (Å²) in [5.74, 6) is -0.458. The van der Waals surface area contributed by atoms with Gasteiger partial charge in [0.15, 0.2) is 5.13 Å². The van der Waals surface area contributed by atoms with Gasteiger partial charge in [-0.15, -0.1) is 11.3 Å². The van der Waals surface area contributed by atoms with Gasteiger partial charge in [0.2, 0.25) is 0 Å². The van der Waals surface area contributed by atoms with Crippen LogP contribution in [0.15, 0.2) is 71.7 Å². The molecule has 0 aliphatic heterocycles. The van der Waals surface area contributed by atoms with E-state index in [4.69, 9.17) is 0 Å². The summed E-state index contributed by atoms with van der Waals surface area (Å²) in [7, 11) is 0. The van der Waals surface area contributed by atoms with Gasteiger partial charge in [-0.1, -0.05) is 42.5 Å². The van der Waals surface area contributed by atoms with Gasteiger partial charge in [-0.3, -0.25) is 10.1 Å². The van der Waals surface area contributed by atoms with Crippen molar-refractivity contribution < 1.29 is 4.79 Å². The number of anilines is 2. The highest BCUT2D eigenvalue weighted by atomic mass is 32.1. The highest BCUT2D eigenvalue weighted by Gasteiger charge is 2.11. The van der Waals surface area contributed by atoms with Gasteiger partial charge in [-0.25, -0.2) is 4.98 Å². The smallest absolute Gasteiger partial charge is 0.268 e. The van der Waals surface area contributed by atoms with E-state index in [1.807, 2.05) is 48.5 Å². The van der Waals surface area contributed by atoms with Crippen LogP contribution in [0.25, 0.3) is 6.08 Å². The minimum absolute atomic E-state index is 0.0413. The molecular weight excluding hydrogens is 368 g/mol. The third-order valence-electron chi connectivity index (χ3n) is 4.19. The number of carbonyl (C=O) groups is 1. The molecule has 0 saturated heterocycles. The summed E-state index contributed by atoms with van der Waals surface area (Å²) in [6.07, 6.45) is 3.18. The molecular formula is C22H20N4OS. The monoisotopic (exact) mass is 388 g/mol. The van der Waals surface area contributed by atoms with Crippen molar-refractivity contribution in [3.05, 3.63) is 82.9 Å². The Hall–Kier alpha value is -3.43. The van der Waals surface area contributed by atoms with Crippen LogP contribution in [-0.2, 0) is 11.3 Å². The summed E-state index contributed by atoms with van der Waals surface area (Å²) >= 11 is 1.31. The number of amides is 1. The van der Waals surface area contributed by atoms with E-state index >= 15 is 0 Å². The van der Waals surface area contributed by atoms with Crippen molar-refractivity contribution in [1.29, 1.82) is 5.26 Å². The van der Waals surface area contributed by atoms with Crippen LogP contribution in [0, 0.1) is 11.3 Å². The van der Waals surface area contributed by atoms with E-state index in [1.54, 1.807) is 17.7 Å². The molecule has 28 heavy (non-hydrogen) atoms. The second kappa shape index (κ2) is 9.49. The number of benzene rings is 2. The Labute approximate surface area is 168 Å². The fourth-order valence-corrected chi connectivity index (χ4v) is 3.26. The van der Waals surface area contributed by atoms with Gasteiger partial charge >= 0.3 is 0 Å². The lowest BCUT2D eigenvalue weighted by molar-refractivity contribution is -0.112. The third kappa shape index (κ3) is 5.06. The molecule has 1 heterocycles. The molecule has 0 aliphatic carbocycles. The van der Waals surface area contributed by atoms with Crippen LogP contribution in [0.3, 0.4) is 0 Å². The molecule has 1 aromatic heterocycles. The standard InChI is InChI=1S/C22H20N4OS/c1-2-26(16-18-6-4-3-5-7-18)20-10-8-17(9-11-20)14-19(15-23)21(27)25-22-24-12-13-28-22/h3-14H,2,16H2,1H3,(H,24,25,27)/b19-14-. The Morgan fingerprint density at radius 1 is 1.21 bits per heavy atom. The van der Waals surface area contributed by atoms with E-state index < -0.39 is 5.91 Å². The number of nitrogens with zero attached hydrogens (tertiary/aromatic N) is 3. The Morgan fingerprint density at radius 3 is 2.57 bits per heavy atom. The lowest BCUT2D eigenvalue weighted by Gasteiger charge is -2.23. The maximum absolute atomic E-state index is 12.2. The van der Waals surface area contributed by atoms with Gasteiger partial charge in [0, 0.05) is 30.4 Å². The van der Waals surface area contributed by atoms with E-state index in [-0.39, 0.29) is 5.57 Å². The number of nitrogens with one attached hydrogen (secondary N) is 1. The second-order valence-corrected chi connectivity index (χ2v) is 6.95. The van der Waals surface area contributed by atoms with E-state index in [1.165, 1.54) is 16.9 Å². The van der Waals surface area contributed by atoms with E-state index in [0.717, 1.165) is 24.3 Å². The van der Waals surface area contributed by atoms with Gasteiger partial charge in [-0.05, 0) is 36.3 Å². The number of rotatable bonds is 7. The van der Waals surface area contributed by atoms with Crippen molar-refractivity contribution in [3.8, 4) is 6.07 Å². The molecule has 0 unspecified atom stereocenters. The lowest BCUT2D eigenvalue weighted by Crippen LogP contribution is -2.21. The molecule has 3 rings (SSSR count). The minimum Gasteiger partial charge on any atom is -0.367 e. The topological polar surface area (TPSA) is 69.0 Å². The van der Waals surface area contributed by atoms with Crippen LogP contribution >= 0.6 is 11.3 Å². The van der Waals surface area contributed by atoms with Crippen molar-refractivity contribution in [3.63, 3.8) is 0 Å². The first-order valence-corrected chi connectivity index (χ1v) is 9.79. The Kier molecular flexibility index (Phi) is 6.55. The largest absolute Gasteiger partial charge is 0.367 e. The second-order valence-electron chi connectivity index (χ2n) is 6.05. The maximum Gasteiger partial charge on any atom is 0.268 e. The van der Waals surface area contributed by atoms with E-state index in [0.29, 0.717) is 5.13 Å². The summed E-state index contributed by atoms with van der Waals surface area (Å²) in [6, 6.07) is 20.1. The first-order valence-electron chi connectivity index (χ1n) is 8.91. The summed E-state index contributed by atoms with van der Waals surface area (Å²) < 4.78 is 0. The number of thiazole rings is 1. The van der Waals surface area contributed by atoms with E-state index in [9.17, 15) is 10.1 Å². The molecule has 2 aromatic carbocycles. The number of hydrogen-bond donors (Lipinski definition) is 1. The number of nitriles is 1. The molecule has 0 bridgehead atoms. The SMILES string of the molecule is CCN(Cc1ccccc1)c1ccc(/C=C(/C#N)C(=O)Nc2nccs2)cc1. The first-order chi connectivity index (χ1) is 13.7. The molecule has 0 spiro atoms. The van der Waals surface area contributed by atoms with Crippen LogP contribution in [-0.4, -0.2) is 17.4 Å². The quantitative estimate of drug-likeness (QED) is 0.470. The lowest BCUT2D eigenvalue weighted by atomic mass is 10.1. The van der Waals surface area contributed by atoms with Gasteiger partial charge in [0.1, 0.15) is 11.6 Å². The van der Waals surface area contributed by atoms with Crippen LogP contribution in [0.5, 0.6) is 0 Å². The molecule has 1 N–H and O–H groups in total. The fraction of sp³-hybridized carbons (Fsp3) is 0.136. The predicted octanol–water partition coefficient (Wildman–Crippen LogP) is 4.72. The molecule has 6 heteroatoms. The van der Waals surface area contributed by atoms with Crippen LogP contribution in [0.1, 0.15) is 18.1 Å². The van der Waals surface area contributed by atoms with Crippen molar-refractivity contribution in [2.75, 3.05) is 16.8 Å². The van der Waals surface area contributed by atoms with Crippen LogP contribution < -0.4 is 10.2 Å². The summed E-state index contributed by atoms with van der Waals surface area (Å²) in [4.78, 5) is 18.5. The number of aromatic nitrogens is 1. The molecule has 0 atom stereocenters. The zero-order valence-corrected chi connectivity index (χ0v) is 16.3. The summed E-state index contributed by atoms with van der Waals surface area (Å²) in [5, 5.41) is 14.2.